The smallest absolute Gasteiger partial charge is 0.271 e. The molecule has 1 aliphatic rings. The van der Waals surface area contributed by atoms with Gasteiger partial charge in [-0.05, 0) is 43.0 Å². The average Bonchev–Trinajstić information content (AvgIpc) is 3.43. The molecule has 218 valence electrons. The zero-order valence-electron chi connectivity index (χ0n) is 23.2. The van der Waals surface area contributed by atoms with Crippen LogP contribution in [0.15, 0.2) is 42.5 Å². The van der Waals surface area contributed by atoms with Gasteiger partial charge >= 0.3 is 0 Å². The minimum Gasteiger partial charge on any atom is -0.497 e. The van der Waals surface area contributed by atoms with Crippen molar-refractivity contribution in [3.8, 4) is 11.5 Å². The SMILES string of the molecule is CCC(C(=O)NC1CCCC1)N(Cc1ccc(OC)cc1)C(=O)CN(c1cc([N+](=O)[O-])ccc1OC)S(C)(=O)=O. The molecule has 0 spiro atoms. The Hall–Kier alpha value is -3.87. The van der Waals surface area contributed by atoms with Gasteiger partial charge in [0.15, 0.2) is 0 Å². The maximum Gasteiger partial charge on any atom is 0.271 e. The number of sulfonamides is 1. The molecule has 1 unspecified atom stereocenters. The summed E-state index contributed by atoms with van der Waals surface area (Å²) in [5, 5.41) is 14.5. The summed E-state index contributed by atoms with van der Waals surface area (Å²) in [5.74, 6) is -0.302. The molecule has 1 saturated carbocycles. The lowest BCUT2D eigenvalue weighted by molar-refractivity contribution is -0.384. The van der Waals surface area contributed by atoms with Crippen LogP contribution in [0.1, 0.15) is 44.6 Å². The van der Waals surface area contributed by atoms with Crippen molar-refractivity contribution in [1.82, 2.24) is 10.2 Å². The fourth-order valence-corrected chi connectivity index (χ4v) is 5.64. The number of carbonyl (C=O) groups is 2. The maximum atomic E-state index is 13.9. The number of benzene rings is 2. The number of nitrogens with zero attached hydrogens (tertiary/aromatic N) is 3. The highest BCUT2D eigenvalue weighted by atomic mass is 32.2. The Morgan fingerprint density at radius 3 is 2.27 bits per heavy atom. The number of hydrogen-bond donors (Lipinski definition) is 1. The minimum atomic E-state index is -4.11. The number of hydrogen-bond acceptors (Lipinski definition) is 8. The van der Waals surface area contributed by atoms with Gasteiger partial charge in [-0.15, -0.1) is 0 Å². The molecular weight excluding hydrogens is 540 g/mol. The largest absolute Gasteiger partial charge is 0.497 e. The van der Waals surface area contributed by atoms with Crippen molar-refractivity contribution < 1.29 is 32.4 Å². The predicted molar refractivity (Wildman–Crippen MR) is 150 cm³/mol. The molecule has 1 N–H and O–H groups in total. The molecule has 0 aliphatic heterocycles. The molecule has 2 amide bonds. The summed E-state index contributed by atoms with van der Waals surface area (Å²) in [6.07, 6.45) is 4.96. The highest BCUT2D eigenvalue weighted by Gasteiger charge is 2.34. The standard InChI is InChI=1S/C27H36N4O8S/c1-5-23(27(33)28-20-8-6-7-9-20)29(17-19-10-13-22(38-2)14-11-19)26(32)18-30(40(4,36)37)24-16-21(31(34)35)12-15-25(24)39-3/h10-16,20,23H,5-9,17-18H2,1-4H3,(H,28,33). The number of ether oxygens (including phenoxy) is 2. The minimum absolute atomic E-state index is 0.0288. The molecule has 40 heavy (non-hydrogen) atoms. The van der Waals surface area contributed by atoms with Crippen molar-refractivity contribution in [2.45, 2.75) is 57.7 Å². The summed E-state index contributed by atoms with van der Waals surface area (Å²) >= 11 is 0. The number of amides is 2. The fourth-order valence-electron chi connectivity index (χ4n) is 4.80. The number of nitro groups is 1. The fraction of sp³-hybridized carbons (Fsp3) is 0.481. The van der Waals surface area contributed by atoms with E-state index in [-0.39, 0.29) is 35.6 Å². The number of nitro benzene ring substituents is 1. The van der Waals surface area contributed by atoms with Crippen LogP contribution in [-0.2, 0) is 26.2 Å². The van der Waals surface area contributed by atoms with Gasteiger partial charge < -0.3 is 19.7 Å². The second-order valence-electron chi connectivity index (χ2n) is 9.67. The molecular formula is C27H36N4O8S. The molecule has 0 bridgehead atoms. The van der Waals surface area contributed by atoms with Crippen molar-refractivity contribution in [1.29, 1.82) is 0 Å². The Bertz CT molecular complexity index is 1310. The number of methoxy groups -OCH3 is 2. The third-order valence-corrected chi connectivity index (χ3v) is 8.05. The monoisotopic (exact) mass is 576 g/mol. The molecule has 1 aliphatic carbocycles. The second kappa shape index (κ2) is 13.5. The van der Waals surface area contributed by atoms with Crippen LogP contribution in [0.25, 0.3) is 0 Å². The molecule has 2 aromatic rings. The summed E-state index contributed by atoms with van der Waals surface area (Å²) in [4.78, 5) is 39.4. The molecule has 0 radical (unpaired) electrons. The van der Waals surface area contributed by atoms with Gasteiger partial charge in [-0.1, -0.05) is 31.9 Å². The van der Waals surface area contributed by atoms with Crippen molar-refractivity contribution in [2.75, 3.05) is 31.3 Å². The Morgan fingerprint density at radius 1 is 1.10 bits per heavy atom. The number of rotatable bonds is 13. The summed E-state index contributed by atoms with van der Waals surface area (Å²) < 4.78 is 37.1. The highest BCUT2D eigenvalue weighted by Crippen LogP contribution is 2.34. The van der Waals surface area contributed by atoms with Gasteiger partial charge in [-0.3, -0.25) is 24.0 Å². The van der Waals surface area contributed by atoms with Crippen LogP contribution in [0.3, 0.4) is 0 Å². The second-order valence-corrected chi connectivity index (χ2v) is 11.6. The van der Waals surface area contributed by atoms with E-state index in [1.165, 1.54) is 31.3 Å². The van der Waals surface area contributed by atoms with Crippen LogP contribution in [0.5, 0.6) is 11.5 Å². The van der Waals surface area contributed by atoms with Gasteiger partial charge in [-0.2, -0.15) is 0 Å². The summed E-state index contributed by atoms with van der Waals surface area (Å²) in [6.45, 7) is 1.12. The molecule has 2 aromatic carbocycles. The molecule has 3 rings (SSSR count). The van der Waals surface area contributed by atoms with Crippen LogP contribution in [0.4, 0.5) is 11.4 Å². The van der Waals surface area contributed by atoms with Crippen molar-refractivity contribution >= 4 is 33.2 Å². The van der Waals surface area contributed by atoms with E-state index in [2.05, 4.69) is 5.32 Å². The summed E-state index contributed by atoms with van der Waals surface area (Å²) in [6, 6.07) is 9.64. The number of anilines is 1. The Labute approximate surface area is 234 Å². The maximum absolute atomic E-state index is 13.9. The van der Waals surface area contributed by atoms with E-state index in [0.29, 0.717) is 17.7 Å². The molecule has 1 atom stereocenters. The van der Waals surface area contributed by atoms with E-state index in [9.17, 15) is 28.1 Å². The molecule has 0 heterocycles. The molecule has 1 fully saturated rings. The molecule has 0 saturated heterocycles. The first-order valence-electron chi connectivity index (χ1n) is 13.0. The van der Waals surface area contributed by atoms with Crippen LogP contribution < -0.4 is 19.1 Å². The van der Waals surface area contributed by atoms with Gasteiger partial charge in [0, 0.05) is 24.7 Å². The zero-order valence-corrected chi connectivity index (χ0v) is 24.0. The molecule has 0 aromatic heterocycles. The van der Waals surface area contributed by atoms with Gasteiger partial charge in [0.25, 0.3) is 5.69 Å². The molecule has 12 nitrogen and oxygen atoms in total. The third-order valence-electron chi connectivity index (χ3n) is 6.92. The highest BCUT2D eigenvalue weighted by molar-refractivity contribution is 7.92. The van der Waals surface area contributed by atoms with Crippen molar-refractivity contribution in [3.05, 3.63) is 58.1 Å². The van der Waals surface area contributed by atoms with Gasteiger partial charge in [-0.25, -0.2) is 8.42 Å². The topological polar surface area (TPSA) is 148 Å². The zero-order chi connectivity index (χ0) is 29.4. The lowest BCUT2D eigenvalue weighted by atomic mass is 10.1. The van der Waals surface area contributed by atoms with E-state index in [1.54, 1.807) is 31.2 Å². The number of nitrogens with one attached hydrogen (secondary N) is 1. The lowest BCUT2D eigenvalue weighted by Crippen LogP contribution is -2.53. The molecule has 13 heteroatoms. The normalized spacial score (nSPS) is 14.3. The number of non-ortho nitro benzene ring substituents is 1. The van der Waals surface area contributed by atoms with E-state index < -0.39 is 33.4 Å². The Morgan fingerprint density at radius 2 is 1.75 bits per heavy atom. The van der Waals surface area contributed by atoms with E-state index in [4.69, 9.17) is 9.47 Å². The average molecular weight is 577 g/mol. The van der Waals surface area contributed by atoms with Gasteiger partial charge in [0.05, 0.1) is 25.4 Å². The van der Waals surface area contributed by atoms with Crippen molar-refractivity contribution in [2.24, 2.45) is 0 Å². The van der Waals surface area contributed by atoms with Gasteiger partial charge in [0.1, 0.15) is 29.8 Å². The van der Waals surface area contributed by atoms with Crippen molar-refractivity contribution in [3.63, 3.8) is 0 Å². The first-order valence-corrected chi connectivity index (χ1v) is 14.9. The van der Waals surface area contributed by atoms with E-state index >= 15 is 0 Å². The first-order chi connectivity index (χ1) is 19.0. The van der Waals surface area contributed by atoms with Crippen LogP contribution in [0.2, 0.25) is 0 Å². The lowest BCUT2D eigenvalue weighted by Gasteiger charge is -2.33. The first kappa shape index (κ1) is 30.7. The quantitative estimate of drug-likeness (QED) is 0.282. The predicted octanol–water partition coefficient (Wildman–Crippen LogP) is 3.24. The third kappa shape index (κ3) is 7.62. The number of carbonyl (C=O) groups excluding carboxylic acids is 2. The van der Waals surface area contributed by atoms with Crippen LogP contribution >= 0.6 is 0 Å². The van der Waals surface area contributed by atoms with E-state index in [1.807, 2.05) is 0 Å². The summed E-state index contributed by atoms with van der Waals surface area (Å²) in [5.41, 5.74) is 0.190. The Kier molecular flexibility index (Phi) is 10.3. The van der Waals surface area contributed by atoms with Gasteiger partial charge in [0.2, 0.25) is 21.8 Å². The van der Waals surface area contributed by atoms with Crippen LogP contribution in [-0.4, -0.2) is 69.2 Å². The van der Waals surface area contributed by atoms with E-state index in [0.717, 1.165) is 42.3 Å². The van der Waals surface area contributed by atoms with Crippen LogP contribution in [0, 0.1) is 10.1 Å². The summed E-state index contributed by atoms with van der Waals surface area (Å²) in [7, 11) is -1.28. The Balaban J connectivity index is 2.00.